The molecule has 5 saturated heterocycles. The second-order valence-electron chi connectivity index (χ2n) is 32.9. The maximum atomic E-state index is 14.2. The molecule has 0 aromatic carbocycles. The molecule has 38 nitrogen and oxygen atoms in total. The van der Waals surface area contributed by atoms with Gasteiger partial charge in [0.15, 0.2) is 18.9 Å². The fourth-order valence-corrected chi connectivity index (χ4v) is 16.1. The fraction of sp³-hybridized carbons (Fsp3) is 0.902. The quantitative estimate of drug-likeness (QED) is 0.0278. The van der Waals surface area contributed by atoms with Crippen molar-refractivity contribution in [2.24, 2.45) is 0 Å². The van der Waals surface area contributed by atoms with Crippen molar-refractivity contribution in [3.05, 3.63) is 12.2 Å². The highest BCUT2D eigenvalue weighted by Crippen LogP contribution is 2.42. The summed E-state index contributed by atoms with van der Waals surface area (Å²) < 4.78 is 60.0. The van der Waals surface area contributed by atoms with Gasteiger partial charge in [0, 0.05) is 40.0 Å². The van der Waals surface area contributed by atoms with Crippen molar-refractivity contribution in [3.8, 4) is 0 Å². The number of amides is 4. The molecule has 0 bridgehead atoms. The highest BCUT2D eigenvalue weighted by atomic mass is 16.8. The molecule has 5 heterocycles. The van der Waals surface area contributed by atoms with Crippen LogP contribution in [0.5, 0.6) is 0 Å². The molecular formula is C82H146N4O34. The third-order valence-corrected chi connectivity index (χ3v) is 23.0. The zero-order valence-corrected chi connectivity index (χ0v) is 70.6. The van der Waals surface area contributed by atoms with E-state index in [1.807, 2.05) is 0 Å². The van der Waals surface area contributed by atoms with Crippen LogP contribution in [0.15, 0.2) is 12.2 Å². The van der Waals surface area contributed by atoms with Gasteiger partial charge >= 0.3 is 11.9 Å². The maximum Gasteiger partial charge on any atom is 0.364 e. The monoisotopic (exact) mass is 1730 g/mol. The van der Waals surface area contributed by atoms with E-state index in [1.165, 1.54) is 128 Å². The van der Waals surface area contributed by atoms with Gasteiger partial charge in [0.25, 0.3) is 11.6 Å². The Morgan fingerprint density at radius 1 is 0.450 bits per heavy atom. The lowest BCUT2D eigenvalue weighted by molar-refractivity contribution is -0.402. The normalized spacial score (nSPS) is 32.6. The number of carboxylic acids is 2. The van der Waals surface area contributed by atoms with Crippen molar-refractivity contribution in [2.75, 3.05) is 39.6 Å². The van der Waals surface area contributed by atoms with E-state index in [0.717, 1.165) is 85.0 Å². The third kappa shape index (κ3) is 33.1. The second kappa shape index (κ2) is 55.9. The Morgan fingerprint density at radius 3 is 1.32 bits per heavy atom. The van der Waals surface area contributed by atoms with Crippen molar-refractivity contribution in [3.63, 3.8) is 0 Å². The van der Waals surface area contributed by atoms with Gasteiger partial charge < -0.3 is 161 Å². The number of rotatable bonds is 60. The number of aliphatic hydroxyl groups excluding tert-OH is 16. The van der Waals surface area contributed by atoms with Crippen LogP contribution >= 0.6 is 0 Å². The molecule has 4 amide bonds. The number of aliphatic hydroxyl groups is 16. The van der Waals surface area contributed by atoms with E-state index in [9.17, 15) is 121 Å². The Kier molecular flexibility index (Phi) is 49.4. The minimum atomic E-state index is -3.59. The predicted octanol–water partition coefficient (Wildman–Crippen LogP) is -0.132. The van der Waals surface area contributed by atoms with Crippen molar-refractivity contribution < 1.29 is 168 Å². The summed E-state index contributed by atoms with van der Waals surface area (Å²) in [7, 11) is 0. The molecule has 0 aromatic rings. The van der Waals surface area contributed by atoms with Gasteiger partial charge in [0.05, 0.1) is 76.1 Å². The number of ether oxygens (including phenoxy) is 10. The molecule has 0 aliphatic carbocycles. The lowest BCUT2D eigenvalue weighted by Gasteiger charge is -2.52. The van der Waals surface area contributed by atoms with Crippen molar-refractivity contribution >= 4 is 35.6 Å². The van der Waals surface area contributed by atoms with Gasteiger partial charge in [-0.25, -0.2) is 9.59 Å². The Hall–Kier alpha value is -4.48. The molecule has 0 radical (unpaired) electrons. The van der Waals surface area contributed by atoms with Crippen molar-refractivity contribution in [1.29, 1.82) is 0 Å². The van der Waals surface area contributed by atoms with Crippen LogP contribution in [-0.2, 0) is 76.1 Å². The van der Waals surface area contributed by atoms with Gasteiger partial charge in [0.1, 0.15) is 110 Å². The number of nitrogens with one attached hydrogen (secondary N) is 4. The summed E-state index contributed by atoms with van der Waals surface area (Å²) in [5.41, 5.74) is 0. The van der Waals surface area contributed by atoms with Crippen LogP contribution in [0.25, 0.3) is 0 Å². The lowest BCUT2D eigenvalue weighted by Crippen LogP contribution is -2.72. The van der Waals surface area contributed by atoms with E-state index in [1.54, 1.807) is 6.08 Å². The van der Waals surface area contributed by atoms with Gasteiger partial charge in [-0.1, -0.05) is 206 Å². The Morgan fingerprint density at radius 2 is 0.867 bits per heavy atom. The average molecular weight is 1730 g/mol. The number of hydrogen-bond acceptors (Lipinski definition) is 32. The Balaban J connectivity index is 1.41. The largest absolute Gasteiger partial charge is 0.477 e. The highest BCUT2D eigenvalue weighted by Gasteiger charge is 2.64. The predicted molar refractivity (Wildman–Crippen MR) is 426 cm³/mol. The van der Waals surface area contributed by atoms with E-state index < -0.39 is 265 Å². The minimum absolute atomic E-state index is 0.113. The number of carbonyl (C=O) groups excluding carboxylic acids is 4. The van der Waals surface area contributed by atoms with E-state index >= 15 is 0 Å². The first-order chi connectivity index (χ1) is 57.3. The van der Waals surface area contributed by atoms with Gasteiger partial charge in [-0.15, -0.1) is 0 Å². The third-order valence-electron chi connectivity index (χ3n) is 23.0. The minimum Gasteiger partial charge on any atom is -0.477 e. The number of hydrogen-bond donors (Lipinski definition) is 22. The van der Waals surface area contributed by atoms with Crippen molar-refractivity contribution in [2.45, 2.75) is 430 Å². The first-order valence-corrected chi connectivity index (χ1v) is 43.7. The van der Waals surface area contributed by atoms with E-state index in [4.69, 9.17) is 47.4 Å². The number of aliphatic carboxylic acids is 2. The molecule has 22 N–H and O–H groups in total. The highest BCUT2D eigenvalue weighted by molar-refractivity contribution is 5.78. The summed E-state index contributed by atoms with van der Waals surface area (Å²) in [5.74, 6) is -14.6. The van der Waals surface area contributed by atoms with Crippen LogP contribution in [-0.4, -0.2) is 344 Å². The van der Waals surface area contributed by atoms with Crippen molar-refractivity contribution in [1.82, 2.24) is 21.3 Å². The van der Waals surface area contributed by atoms with Crippen LogP contribution in [0.1, 0.15) is 253 Å². The molecule has 0 saturated carbocycles. The first-order valence-electron chi connectivity index (χ1n) is 43.7. The zero-order valence-electron chi connectivity index (χ0n) is 70.6. The smallest absolute Gasteiger partial charge is 0.364 e. The summed E-state index contributed by atoms with van der Waals surface area (Å²) in [6, 6.07) is -6.82. The topological polar surface area (TPSA) is 607 Å². The molecule has 5 rings (SSSR count). The summed E-state index contributed by atoms with van der Waals surface area (Å²) >= 11 is 0. The lowest BCUT2D eigenvalue weighted by atomic mass is 9.87. The molecular weight excluding hydrogens is 1580 g/mol. The standard InChI is InChI=1S/C82H146N4O34/c1-6-8-10-12-14-16-18-20-21-22-23-24-25-27-29-31-33-35-37-39-60(99)86-51(52(95)38-36-34-32-30-28-26-19-17-15-13-11-9-7-2)47-111-77-69(105)68(104)71(58(45-90)113-77)115-78-70(106)75(72(59(46-91)114-78)116-76-63(85-50(5)94)67(103)65(101)56(43-88)112-76)120-82(80(109)110)41-54(97)62(84-49(4)93)74(119-82)66(102)57(44-89)117-81(79(107)108)40-53(96)61(83-48(3)92)73(118-81)64(100)55(98)42-87/h36,38,51-59,61-78,87-91,95-98,100-106H,6-35,37,39-47H2,1-5H3,(H,83,92)(H,84,93)(H,85,94)(H,86,99)(H,107,108)(H,109,110)/b38-36+/t51-,52+,53-,54-,55+,56+,57+,58+,59+,61+,62+,63+,64+,65-,66+,67+,68+,69+,70+,71+,72-,73?,74?,75+,76-,77+,78-,81+,82-/m0/s1. The Labute approximate surface area is 703 Å². The molecule has 2 unspecified atom stereocenters. The number of carboxylic acid groups (broad SMARTS) is 2. The molecule has 0 spiro atoms. The molecule has 5 aliphatic rings. The zero-order chi connectivity index (χ0) is 88.7. The molecule has 29 atom stereocenters. The molecule has 5 aliphatic heterocycles. The molecule has 698 valence electrons. The summed E-state index contributed by atoms with van der Waals surface area (Å²) in [4.78, 5) is 79.2. The van der Waals surface area contributed by atoms with Crippen LogP contribution in [0.4, 0.5) is 0 Å². The van der Waals surface area contributed by atoms with Crippen LogP contribution < -0.4 is 21.3 Å². The molecule has 0 aromatic heterocycles. The van der Waals surface area contributed by atoms with Gasteiger partial charge in [-0.3, -0.25) is 19.2 Å². The van der Waals surface area contributed by atoms with E-state index in [0.29, 0.717) is 12.8 Å². The number of allylic oxidation sites excluding steroid dienone is 1. The first kappa shape index (κ1) is 106. The van der Waals surface area contributed by atoms with Crippen LogP contribution in [0.3, 0.4) is 0 Å². The SMILES string of the molecule is CCCCCCCCCCCCC/C=C/[C@@H](O)[C@H](CO[C@@H]1O[C@H](CO)[C@@H](O[C@@H]2O[C@H](CO)[C@H](O[C@@H]3O[C@H](CO)[C@H](O)[C@H](O)[C@H]3NC(C)=O)[C@H](O[C@]3(C(=O)O)C[C@H](O)[C@@H](NC(C)=O)C([C@H](O)[C@@H](CO)O[C@]4(C(=O)O)C[C@H](O)[C@@H](NC(C)=O)C([C@H](O)[C@H](O)CO)O4)O3)[C@H]2O)[C@H](O)[C@H]1O)NC(=O)CCCCCCCCCCCCCCCCCCCCC. The van der Waals surface area contributed by atoms with Crippen LogP contribution in [0.2, 0.25) is 0 Å². The van der Waals surface area contributed by atoms with Gasteiger partial charge in [0.2, 0.25) is 23.6 Å². The summed E-state index contributed by atoms with van der Waals surface area (Å²) in [6.07, 6.45) is -13.9. The van der Waals surface area contributed by atoms with Gasteiger partial charge in [-0.2, -0.15) is 0 Å². The van der Waals surface area contributed by atoms with Gasteiger partial charge in [-0.05, 0) is 19.3 Å². The van der Waals surface area contributed by atoms with E-state index in [2.05, 4.69) is 35.1 Å². The molecule has 38 heteroatoms. The summed E-state index contributed by atoms with van der Waals surface area (Å²) in [5, 5.41) is 213. The second-order valence-corrected chi connectivity index (χ2v) is 32.9. The number of carbonyl (C=O) groups is 6. The maximum absolute atomic E-state index is 14.2. The van der Waals surface area contributed by atoms with E-state index in [-0.39, 0.29) is 6.42 Å². The average Bonchev–Trinajstić information content (AvgIpc) is 0.746. The molecule has 5 fully saturated rings. The fourth-order valence-electron chi connectivity index (χ4n) is 16.1. The molecule has 120 heavy (non-hydrogen) atoms. The van der Waals surface area contributed by atoms with Crippen LogP contribution in [0, 0.1) is 0 Å². The number of unbranched alkanes of at least 4 members (excludes halogenated alkanes) is 29. The summed E-state index contributed by atoms with van der Waals surface area (Å²) in [6.45, 7) is 0.547. The Bertz CT molecular complexity index is 2940.